The number of benzene rings is 1. The van der Waals surface area contributed by atoms with E-state index >= 15 is 0 Å². The molecule has 2 rings (SSSR count). The Balaban J connectivity index is 2.18. The topological polar surface area (TPSA) is 73.6 Å². The highest BCUT2D eigenvalue weighted by molar-refractivity contribution is 5.94. The zero-order valence-electron chi connectivity index (χ0n) is 11.4. The predicted octanol–water partition coefficient (Wildman–Crippen LogP) is 1.95. The molecule has 5 heteroatoms. The number of hydrogen-bond donors (Lipinski definition) is 2. The molecule has 1 heterocycles. The largest absolute Gasteiger partial charge is 0.465 e. The van der Waals surface area contributed by atoms with E-state index in [4.69, 9.17) is 15.2 Å². The third-order valence-electron chi connectivity index (χ3n) is 3.50. The van der Waals surface area contributed by atoms with E-state index in [1.54, 1.807) is 6.07 Å². The average molecular weight is 264 g/mol. The summed E-state index contributed by atoms with van der Waals surface area (Å²) >= 11 is 0. The van der Waals surface area contributed by atoms with Crippen LogP contribution < -0.4 is 11.1 Å². The molecule has 1 aromatic rings. The minimum atomic E-state index is -0.359. The standard InChI is InChI=1S/C14H20N2O3/c1-9-11(14(17)18-2)3-4-12(13(9)15)16-10-5-7-19-8-6-10/h3-4,10,16H,5-8,15H2,1-2H3. The van der Waals surface area contributed by atoms with Crippen LogP contribution in [-0.4, -0.2) is 32.3 Å². The maximum atomic E-state index is 11.6. The van der Waals surface area contributed by atoms with E-state index in [1.165, 1.54) is 7.11 Å². The summed E-state index contributed by atoms with van der Waals surface area (Å²) in [6.45, 7) is 3.38. The van der Waals surface area contributed by atoms with Crippen molar-refractivity contribution in [2.24, 2.45) is 0 Å². The summed E-state index contributed by atoms with van der Waals surface area (Å²) in [6.07, 6.45) is 1.94. The number of esters is 1. The predicted molar refractivity (Wildman–Crippen MR) is 74.4 cm³/mol. The first-order chi connectivity index (χ1) is 9.13. The van der Waals surface area contributed by atoms with Crippen molar-refractivity contribution in [2.45, 2.75) is 25.8 Å². The molecule has 3 N–H and O–H groups in total. The van der Waals surface area contributed by atoms with Crippen molar-refractivity contribution in [2.75, 3.05) is 31.4 Å². The van der Waals surface area contributed by atoms with Crippen molar-refractivity contribution in [3.63, 3.8) is 0 Å². The molecule has 1 fully saturated rings. The lowest BCUT2D eigenvalue weighted by Crippen LogP contribution is -2.28. The average Bonchev–Trinajstić information content (AvgIpc) is 2.44. The van der Waals surface area contributed by atoms with Crippen molar-refractivity contribution in [3.8, 4) is 0 Å². The van der Waals surface area contributed by atoms with E-state index < -0.39 is 0 Å². The Labute approximate surface area is 113 Å². The van der Waals surface area contributed by atoms with Crippen LogP contribution in [0.2, 0.25) is 0 Å². The number of nitrogens with two attached hydrogens (primary N) is 1. The van der Waals surface area contributed by atoms with Gasteiger partial charge in [0.1, 0.15) is 0 Å². The fourth-order valence-electron chi connectivity index (χ4n) is 2.25. The second-order valence-electron chi connectivity index (χ2n) is 4.72. The van der Waals surface area contributed by atoms with Crippen LogP contribution in [0.1, 0.15) is 28.8 Å². The van der Waals surface area contributed by atoms with Gasteiger partial charge < -0.3 is 20.5 Å². The summed E-state index contributed by atoms with van der Waals surface area (Å²) in [4.78, 5) is 11.6. The number of ether oxygens (including phenoxy) is 2. The molecule has 1 aliphatic heterocycles. The van der Waals surface area contributed by atoms with Gasteiger partial charge in [0.05, 0.1) is 24.0 Å². The Morgan fingerprint density at radius 2 is 2.11 bits per heavy atom. The molecule has 1 aromatic carbocycles. The van der Waals surface area contributed by atoms with Gasteiger partial charge in [0.25, 0.3) is 0 Å². The Morgan fingerprint density at radius 3 is 2.74 bits per heavy atom. The third-order valence-corrected chi connectivity index (χ3v) is 3.50. The van der Waals surface area contributed by atoms with Gasteiger partial charge in [0, 0.05) is 19.3 Å². The van der Waals surface area contributed by atoms with E-state index in [0.717, 1.165) is 37.3 Å². The summed E-state index contributed by atoms with van der Waals surface area (Å²) in [5, 5.41) is 3.42. The molecule has 104 valence electrons. The van der Waals surface area contributed by atoms with E-state index in [2.05, 4.69) is 5.32 Å². The number of rotatable bonds is 3. The summed E-state index contributed by atoms with van der Waals surface area (Å²) in [6, 6.07) is 3.96. The summed E-state index contributed by atoms with van der Waals surface area (Å²) in [5.41, 5.74) is 8.83. The zero-order valence-corrected chi connectivity index (χ0v) is 11.4. The van der Waals surface area contributed by atoms with E-state index in [9.17, 15) is 4.79 Å². The van der Waals surface area contributed by atoms with Crippen molar-refractivity contribution in [1.29, 1.82) is 0 Å². The van der Waals surface area contributed by atoms with Crippen LogP contribution in [-0.2, 0) is 9.47 Å². The first-order valence-corrected chi connectivity index (χ1v) is 6.45. The van der Waals surface area contributed by atoms with Crippen LogP contribution in [0.4, 0.5) is 11.4 Å². The van der Waals surface area contributed by atoms with Gasteiger partial charge in [-0.3, -0.25) is 0 Å². The van der Waals surface area contributed by atoms with Gasteiger partial charge in [0.2, 0.25) is 0 Å². The highest BCUT2D eigenvalue weighted by Crippen LogP contribution is 2.27. The molecule has 0 bridgehead atoms. The Hall–Kier alpha value is -1.75. The molecule has 0 amide bonds. The second-order valence-corrected chi connectivity index (χ2v) is 4.72. The number of carbonyl (C=O) groups is 1. The molecule has 0 spiro atoms. The van der Waals surface area contributed by atoms with E-state index in [-0.39, 0.29) is 5.97 Å². The summed E-state index contributed by atoms with van der Waals surface area (Å²) in [7, 11) is 1.37. The molecule has 0 saturated carbocycles. The molecule has 5 nitrogen and oxygen atoms in total. The maximum Gasteiger partial charge on any atom is 0.338 e. The summed E-state index contributed by atoms with van der Waals surface area (Å²) in [5.74, 6) is -0.359. The molecular formula is C14H20N2O3. The normalized spacial score (nSPS) is 16.1. The number of nitrogens with one attached hydrogen (secondary N) is 1. The minimum Gasteiger partial charge on any atom is -0.465 e. The highest BCUT2D eigenvalue weighted by Gasteiger charge is 2.17. The molecule has 1 aliphatic rings. The molecule has 0 atom stereocenters. The Kier molecular flexibility index (Phi) is 4.27. The van der Waals surface area contributed by atoms with E-state index in [0.29, 0.717) is 17.3 Å². The van der Waals surface area contributed by atoms with Crippen molar-refractivity contribution < 1.29 is 14.3 Å². The monoisotopic (exact) mass is 264 g/mol. The Bertz CT molecular complexity index is 468. The number of anilines is 2. The van der Waals surface area contributed by atoms with E-state index in [1.807, 2.05) is 13.0 Å². The summed E-state index contributed by atoms with van der Waals surface area (Å²) < 4.78 is 10.1. The lowest BCUT2D eigenvalue weighted by atomic mass is 10.0. The van der Waals surface area contributed by atoms with Crippen LogP contribution >= 0.6 is 0 Å². The number of hydrogen-bond acceptors (Lipinski definition) is 5. The Morgan fingerprint density at radius 1 is 1.42 bits per heavy atom. The minimum absolute atomic E-state index is 0.359. The van der Waals surface area contributed by atoms with Crippen LogP contribution in [0.5, 0.6) is 0 Å². The smallest absolute Gasteiger partial charge is 0.338 e. The van der Waals surface area contributed by atoms with Gasteiger partial charge in [-0.05, 0) is 37.5 Å². The first-order valence-electron chi connectivity index (χ1n) is 6.45. The highest BCUT2D eigenvalue weighted by atomic mass is 16.5. The molecule has 0 unspecified atom stereocenters. The number of carbonyl (C=O) groups excluding carboxylic acids is 1. The quantitative estimate of drug-likeness (QED) is 0.645. The zero-order chi connectivity index (χ0) is 13.8. The van der Waals surface area contributed by atoms with Crippen molar-refractivity contribution in [3.05, 3.63) is 23.3 Å². The molecule has 19 heavy (non-hydrogen) atoms. The SMILES string of the molecule is COC(=O)c1ccc(NC2CCOCC2)c(N)c1C. The molecular weight excluding hydrogens is 244 g/mol. The van der Waals surface area contributed by atoms with Gasteiger partial charge in [-0.2, -0.15) is 0 Å². The van der Waals surface area contributed by atoms with Gasteiger partial charge >= 0.3 is 5.97 Å². The van der Waals surface area contributed by atoms with Crippen molar-refractivity contribution in [1.82, 2.24) is 0 Å². The first kappa shape index (κ1) is 13.7. The van der Waals surface area contributed by atoms with Gasteiger partial charge in [-0.15, -0.1) is 0 Å². The van der Waals surface area contributed by atoms with Crippen LogP contribution in [0.15, 0.2) is 12.1 Å². The lowest BCUT2D eigenvalue weighted by molar-refractivity contribution is 0.0600. The molecule has 0 aliphatic carbocycles. The molecule has 0 radical (unpaired) electrons. The number of nitrogen functional groups attached to an aromatic ring is 1. The van der Waals surface area contributed by atoms with Crippen LogP contribution in [0.25, 0.3) is 0 Å². The van der Waals surface area contributed by atoms with Gasteiger partial charge in [-0.25, -0.2) is 4.79 Å². The second kappa shape index (κ2) is 5.93. The molecule has 0 aromatic heterocycles. The lowest BCUT2D eigenvalue weighted by Gasteiger charge is -2.25. The van der Waals surface area contributed by atoms with Gasteiger partial charge in [-0.1, -0.05) is 0 Å². The van der Waals surface area contributed by atoms with Crippen LogP contribution in [0.3, 0.4) is 0 Å². The van der Waals surface area contributed by atoms with Gasteiger partial charge in [0.15, 0.2) is 0 Å². The number of methoxy groups -OCH3 is 1. The van der Waals surface area contributed by atoms with Crippen molar-refractivity contribution >= 4 is 17.3 Å². The maximum absolute atomic E-state index is 11.6. The molecule has 1 saturated heterocycles. The fourth-order valence-corrected chi connectivity index (χ4v) is 2.25. The fraction of sp³-hybridized carbons (Fsp3) is 0.500. The third kappa shape index (κ3) is 2.98. The van der Waals surface area contributed by atoms with Crippen LogP contribution in [0, 0.1) is 6.92 Å².